The van der Waals surface area contributed by atoms with Gasteiger partial charge in [-0.15, -0.1) is 0 Å². The van der Waals surface area contributed by atoms with E-state index in [4.69, 9.17) is 0 Å². The van der Waals surface area contributed by atoms with Crippen LogP contribution in [-0.2, 0) is 4.79 Å². The molecule has 0 aromatic heterocycles. The molecule has 0 radical (unpaired) electrons. The molecule has 0 unspecified atom stereocenters. The quantitative estimate of drug-likeness (QED) is 0.462. The topological polar surface area (TPSA) is 106 Å². The van der Waals surface area contributed by atoms with Crippen LogP contribution < -0.4 is 5.43 Å². The highest BCUT2D eigenvalue weighted by Crippen LogP contribution is 2.31. The molecular formula is C22H17N3O3. The van der Waals surface area contributed by atoms with Crippen LogP contribution in [0.4, 0.5) is 5.69 Å². The Morgan fingerprint density at radius 2 is 1.75 bits per heavy atom. The molecule has 0 fully saturated rings. The van der Waals surface area contributed by atoms with Crippen LogP contribution >= 0.6 is 0 Å². The summed E-state index contributed by atoms with van der Waals surface area (Å²) in [5, 5.41) is 33.3. The van der Waals surface area contributed by atoms with Crippen LogP contribution in [-0.4, -0.2) is 21.9 Å². The van der Waals surface area contributed by atoms with Crippen molar-refractivity contribution in [1.29, 1.82) is 5.26 Å². The summed E-state index contributed by atoms with van der Waals surface area (Å²) in [5.74, 6) is -1.56. The van der Waals surface area contributed by atoms with Crippen molar-refractivity contribution in [2.24, 2.45) is 5.10 Å². The van der Waals surface area contributed by atoms with Crippen molar-refractivity contribution in [2.75, 3.05) is 5.43 Å². The first-order valence-electron chi connectivity index (χ1n) is 8.46. The number of aromatic hydroxyl groups is 1. The molecule has 0 bridgehead atoms. The summed E-state index contributed by atoms with van der Waals surface area (Å²) in [7, 11) is 0. The highest BCUT2D eigenvalue weighted by molar-refractivity contribution is 6.42. The first-order chi connectivity index (χ1) is 13.5. The lowest BCUT2D eigenvalue weighted by atomic mass is 9.95. The van der Waals surface area contributed by atoms with E-state index in [2.05, 4.69) is 10.5 Å². The molecule has 0 amide bonds. The SMILES string of the molecule is Cc1ccc(N/N=C(/C(=O)O)c2cc(O)c(C#N)c(-c3ccccc3)c2)cc1. The zero-order valence-electron chi connectivity index (χ0n) is 15.0. The minimum absolute atomic E-state index is 0.0752. The molecule has 28 heavy (non-hydrogen) atoms. The number of nitrogens with zero attached hydrogens (tertiary/aromatic N) is 2. The normalized spacial score (nSPS) is 10.9. The van der Waals surface area contributed by atoms with Crippen molar-refractivity contribution in [2.45, 2.75) is 6.92 Å². The Balaban J connectivity index is 2.07. The zero-order valence-corrected chi connectivity index (χ0v) is 15.0. The molecule has 3 N–H and O–H groups in total. The standard InChI is InChI=1S/C22H17N3O3/c1-14-7-9-17(10-8-14)24-25-21(22(27)28)16-11-18(15-5-3-2-4-6-15)19(13-23)20(26)12-16/h2-12,24,26H,1H3,(H,27,28)/b25-21+. The number of carboxylic acids is 1. The van der Waals surface area contributed by atoms with Crippen molar-refractivity contribution in [3.63, 3.8) is 0 Å². The number of phenolic OH excluding ortho intramolecular Hbond substituents is 1. The number of hydrazone groups is 1. The lowest BCUT2D eigenvalue weighted by Gasteiger charge is -2.10. The lowest BCUT2D eigenvalue weighted by Crippen LogP contribution is -2.16. The van der Waals surface area contributed by atoms with E-state index >= 15 is 0 Å². The van der Waals surface area contributed by atoms with Gasteiger partial charge in [-0.2, -0.15) is 10.4 Å². The second kappa shape index (κ2) is 8.06. The molecule has 0 heterocycles. The average Bonchev–Trinajstić information content (AvgIpc) is 2.69. The van der Waals surface area contributed by atoms with Crippen molar-refractivity contribution in [3.8, 4) is 22.9 Å². The Bertz CT molecular complexity index is 1080. The smallest absolute Gasteiger partial charge is 0.356 e. The average molecular weight is 371 g/mol. The molecule has 6 heteroatoms. The predicted octanol–water partition coefficient (Wildman–Crippen LogP) is 4.14. The first kappa shape index (κ1) is 18.7. The fourth-order valence-electron chi connectivity index (χ4n) is 2.71. The molecule has 0 spiro atoms. The van der Waals surface area contributed by atoms with Gasteiger partial charge in [0.2, 0.25) is 0 Å². The zero-order chi connectivity index (χ0) is 20.1. The maximum absolute atomic E-state index is 11.8. The van der Waals surface area contributed by atoms with Gasteiger partial charge in [0.1, 0.15) is 17.4 Å². The van der Waals surface area contributed by atoms with Crippen LogP contribution in [0.5, 0.6) is 5.75 Å². The second-order valence-electron chi connectivity index (χ2n) is 6.14. The fourth-order valence-corrected chi connectivity index (χ4v) is 2.71. The number of anilines is 1. The van der Waals surface area contributed by atoms with Gasteiger partial charge in [-0.25, -0.2) is 4.79 Å². The number of carbonyl (C=O) groups is 1. The van der Waals surface area contributed by atoms with E-state index in [0.29, 0.717) is 16.8 Å². The molecule has 0 aliphatic carbocycles. The summed E-state index contributed by atoms with van der Waals surface area (Å²) in [6.07, 6.45) is 0. The van der Waals surface area contributed by atoms with Crippen LogP contribution in [0.25, 0.3) is 11.1 Å². The number of hydrogen-bond acceptors (Lipinski definition) is 5. The molecule has 138 valence electrons. The summed E-state index contributed by atoms with van der Waals surface area (Å²) < 4.78 is 0. The van der Waals surface area contributed by atoms with Crippen LogP contribution in [0.2, 0.25) is 0 Å². The van der Waals surface area contributed by atoms with E-state index in [9.17, 15) is 20.3 Å². The number of aryl methyl sites for hydroxylation is 1. The number of carboxylic acid groups (broad SMARTS) is 1. The van der Waals surface area contributed by atoms with Crippen LogP contribution in [0, 0.1) is 18.3 Å². The Hall–Kier alpha value is -4.11. The largest absolute Gasteiger partial charge is 0.507 e. The number of benzene rings is 3. The van der Waals surface area contributed by atoms with Crippen molar-refractivity contribution in [3.05, 3.63) is 83.4 Å². The van der Waals surface area contributed by atoms with Gasteiger partial charge in [0.05, 0.1) is 5.69 Å². The van der Waals surface area contributed by atoms with Crippen LogP contribution in [0.1, 0.15) is 16.7 Å². The number of hydrogen-bond donors (Lipinski definition) is 3. The van der Waals surface area contributed by atoms with Crippen molar-refractivity contribution >= 4 is 17.4 Å². The van der Waals surface area contributed by atoms with Gasteiger partial charge in [-0.3, -0.25) is 5.43 Å². The minimum atomic E-state index is -1.26. The maximum Gasteiger partial charge on any atom is 0.356 e. The fraction of sp³-hybridized carbons (Fsp3) is 0.0455. The van der Waals surface area contributed by atoms with Gasteiger partial charge in [0, 0.05) is 11.1 Å². The van der Waals surface area contributed by atoms with Gasteiger partial charge >= 0.3 is 5.97 Å². The number of aliphatic carboxylic acids is 1. The van der Waals surface area contributed by atoms with Crippen LogP contribution in [0.3, 0.4) is 0 Å². The lowest BCUT2D eigenvalue weighted by molar-refractivity contribution is -0.129. The Labute approximate surface area is 162 Å². The van der Waals surface area contributed by atoms with Gasteiger partial charge < -0.3 is 10.2 Å². The molecule has 3 rings (SSSR count). The molecule has 0 saturated heterocycles. The second-order valence-corrected chi connectivity index (χ2v) is 6.14. The summed E-state index contributed by atoms with van der Waals surface area (Å²) in [5.41, 5.74) is 5.51. The molecule has 3 aromatic rings. The predicted molar refractivity (Wildman–Crippen MR) is 107 cm³/mol. The van der Waals surface area contributed by atoms with E-state index < -0.39 is 5.97 Å². The van der Waals surface area contributed by atoms with Gasteiger partial charge in [0.15, 0.2) is 5.71 Å². The number of nitriles is 1. The van der Waals surface area contributed by atoms with Gasteiger partial charge in [-0.1, -0.05) is 48.0 Å². The van der Waals surface area contributed by atoms with E-state index in [0.717, 1.165) is 5.56 Å². The third-order valence-electron chi connectivity index (χ3n) is 4.14. The van der Waals surface area contributed by atoms with Gasteiger partial charge in [-0.05, 0) is 36.8 Å². The molecule has 0 atom stereocenters. The van der Waals surface area contributed by atoms with Crippen molar-refractivity contribution < 1.29 is 15.0 Å². The summed E-state index contributed by atoms with van der Waals surface area (Å²) in [4.78, 5) is 11.8. The number of rotatable bonds is 5. The highest BCUT2D eigenvalue weighted by atomic mass is 16.4. The maximum atomic E-state index is 11.8. The Kier molecular flexibility index (Phi) is 5.38. The summed E-state index contributed by atoms with van der Waals surface area (Å²) in [6.45, 7) is 1.94. The van der Waals surface area contributed by atoms with Crippen LogP contribution in [0.15, 0.2) is 71.8 Å². The first-order valence-corrected chi connectivity index (χ1v) is 8.46. The minimum Gasteiger partial charge on any atom is -0.507 e. The molecule has 6 nitrogen and oxygen atoms in total. The highest BCUT2D eigenvalue weighted by Gasteiger charge is 2.19. The molecule has 0 aliphatic heterocycles. The Morgan fingerprint density at radius 3 is 2.36 bits per heavy atom. The number of nitrogens with one attached hydrogen (secondary N) is 1. The van der Waals surface area contributed by atoms with Crippen molar-refractivity contribution in [1.82, 2.24) is 0 Å². The summed E-state index contributed by atoms with van der Waals surface area (Å²) in [6, 6.07) is 21.0. The molecule has 3 aromatic carbocycles. The van der Waals surface area contributed by atoms with E-state index in [1.165, 1.54) is 12.1 Å². The van der Waals surface area contributed by atoms with E-state index in [1.54, 1.807) is 36.4 Å². The van der Waals surface area contributed by atoms with Gasteiger partial charge in [0.25, 0.3) is 0 Å². The molecule has 0 saturated carbocycles. The third-order valence-corrected chi connectivity index (χ3v) is 4.14. The number of phenols is 1. The third kappa shape index (κ3) is 4.00. The monoisotopic (exact) mass is 371 g/mol. The van der Waals surface area contributed by atoms with E-state index in [1.807, 2.05) is 31.2 Å². The molecular weight excluding hydrogens is 354 g/mol. The summed E-state index contributed by atoms with van der Waals surface area (Å²) >= 11 is 0. The van der Waals surface area contributed by atoms with E-state index in [-0.39, 0.29) is 22.6 Å². The Morgan fingerprint density at radius 1 is 1.07 bits per heavy atom. The molecule has 0 aliphatic rings.